The van der Waals surface area contributed by atoms with Crippen LogP contribution in [0.4, 0.5) is 0 Å². The van der Waals surface area contributed by atoms with Crippen molar-refractivity contribution in [1.82, 2.24) is 9.97 Å². The Balaban J connectivity index is 1.77. The molecule has 1 atom stereocenters. The van der Waals surface area contributed by atoms with Crippen LogP contribution in [0, 0.1) is 12.3 Å². The first-order valence-corrected chi connectivity index (χ1v) is 10.2. The summed E-state index contributed by atoms with van der Waals surface area (Å²) in [5, 5.41) is 0.886. The highest BCUT2D eigenvalue weighted by Crippen LogP contribution is 2.30. The summed E-state index contributed by atoms with van der Waals surface area (Å²) in [4.78, 5) is 21.3. The minimum atomic E-state index is -0.581. The van der Waals surface area contributed by atoms with E-state index in [1.165, 1.54) is 11.8 Å². The lowest BCUT2D eigenvalue weighted by Crippen LogP contribution is -2.30. The second-order valence-electron chi connectivity index (χ2n) is 7.17. The van der Waals surface area contributed by atoms with Crippen LogP contribution in [-0.2, 0) is 10.2 Å². The lowest BCUT2D eigenvalue weighted by Gasteiger charge is -2.26. The number of carbonyl (C=O) groups is 1. The number of thioether (sulfide) groups is 1. The molecule has 4 nitrogen and oxygen atoms in total. The van der Waals surface area contributed by atoms with E-state index in [1.807, 2.05) is 42.7 Å². The second kappa shape index (κ2) is 8.45. The molecule has 3 aromatic rings. The van der Waals surface area contributed by atoms with Gasteiger partial charge < -0.3 is 4.74 Å². The third kappa shape index (κ3) is 4.52. The van der Waals surface area contributed by atoms with Crippen molar-refractivity contribution >= 4 is 28.4 Å². The number of benzene rings is 1. The Morgan fingerprint density at radius 1 is 1.25 bits per heavy atom. The van der Waals surface area contributed by atoms with Gasteiger partial charge in [-0.3, -0.25) is 14.8 Å². The van der Waals surface area contributed by atoms with Gasteiger partial charge in [0.2, 0.25) is 5.44 Å². The van der Waals surface area contributed by atoms with E-state index in [2.05, 4.69) is 29.7 Å². The fourth-order valence-corrected chi connectivity index (χ4v) is 3.61. The summed E-state index contributed by atoms with van der Waals surface area (Å²) in [6.07, 6.45) is 12.9. The van der Waals surface area contributed by atoms with Gasteiger partial charge >= 0.3 is 0 Å². The summed E-state index contributed by atoms with van der Waals surface area (Å²) in [5.74, 6) is 3.25. The van der Waals surface area contributed by atoms with Crippen molar-refractivity contribution in [3.8, 4) is 18.1 Å². The molecule has 0 aliphatic heterocycles. The highest BCUT2D eigenvalue weighted by molar-refractivity contribution is 7.99. The van der Waals surface area contributed by atoms with Crippen LogP contribution in [0.3, 0.4) is 0 Å². The van der Waals surface area contributed by atoms with Crippen molar-refractivity contribution < 1.29 is 9.53 Å². The normalized spacial score (nSPS) is 12.4. The summed E-state index contributed by atoms with van der Waals surface area (Å²) >= 11 is 1.39. The Morgan fingerprint density at radius 3 is 2.68 bits per heavy atom. The second-order valence-corrected chi connectivity index (χ2v) is 8.07. The number of pyridine rings is 2. The van der Waals surface area contributed by atoms with E-state index in [4.69, 9.17) is 11.2 Å². The molecule has 142 valence electrons. The molecule has 1 unspecified atom stereocenters. The minimum Gasteiger partial charge on any atom is -0.472 e. The number of rotatable bonds is 7. The predicted molar refractivity (Wildman–Crippen MR) is 114 cm³/mol. The van der Waals surface area contributed by atoms with Gasteiger partial charge in [-0.25, -0.2) is 0 Å². The molecule has 0 aliphatic carbocycles. The van der Waals surface area contributed by atoms with Crippen LogP contribution >= 0.6 is 11.8 Å². The van der Waals surface area contributed by atoms with Crippen molar-refractivity contribution in [2.75, 3.05) is 6.26 Å². The van der Waals surface area contributed by atoms with Gasteiger partial charge in [-0.15, -0.1) is 18.2 Å². The predicted octanol–water partition coefficient (Wildman–Crippen LogP) is 4.62. The lowest BCUT2D eigenvalue weighted by atomic mass is 9.81. The Hall–Kier alpha value is -2.84. The topological polar surface area (TPSA) is 52.1 Å². The van der Waals surface area contributed by atoms with Crippen molar-refractivity contribution in [2.45, 2.75) is 31.1 Å². The summed E-state index contributed by atoms with van der Waals surface area (Å²) in [6, 6.07) is 11.3. The van der Waals surface area contributed by atoms with Crippen molar-refractivity contribution in [3.05, 3.63) is 66.1 Å². The number of aromatic nitrogens is 2. The van der Waals surface area contributed by atoms with Gasteiger partial charge in [0, 0.05) is 36.0 Å². The monoisotopic (exact) mass is 390 g/mol. The van der Waals surface area contributed by atoms with Crippen LogP contribution in [-0.4, -0.2) is 27.4 Å². The number of nitrogens with zero attached hydrogens (tertiary/aromatic N) is 2. The number of fused-ring (bicyclic) bond motifs is 1. The van der Waals surface area contributed by atoms with Crippen LogP contribution in [0.2, 0.25) is 0 Å². The van der Waals surface area contributed by atoms with Crippen LogP contribution in [0.25, 0.3) is 10.9 Å². The molecule has 0 saturated carbocycles. The molecule has 2 heterocycles. The van der Waals surface area contributed by atoms with E-state index in [9.17, 15) is 4.79 Å². The summed E-state index contributed by atoms with van der Waals surface area (Å²) < 4.78 is 6.01. The summed E-state index contributed by atoms with van der Waals surface area (Å²) in [5.41, 5.74) is 1.74. The fraction of sp³-hybridized carbons (Fsp3) is 0.261. The van der Waals surface area contributed by atoms with Gasteiger partial charge in [0.1, 0.15) is 5.75 Å². The Kier molecular flexibility index (Phi) is 6.01. The van der Waals surface area contributed by atoms with E-state index < -0.39 is 5.44 Å². The van der Waals surface area contributed by atoms with E-state index in [-0.39, 0.29) is 11.2 Å². The van der Waals surface area contributed by atoms with Gasteiger partial charge in [0.05, 0.1) is 5.52 Å². The fourth-order valence-electron chi connectivity index (χ4n) is 3.05. The van der Waals surface area contributed by atoms with Crippen LogP contribution in [0.15, 0.2) is 55.0 Å². The van der Waals surface area contributed by atoms with Gasteiger partial charge in [0.15, 0.2) is 5.78 Å². The molecule has 1 aromatic carbocycles. The highest BCUT2D eigenvalue weighted by Gasteiger charge is 2.29. The zero-order chi connectivity index (χ0) is 20.1. The molecule has 0 saturated heterocycles. The van der Waals surface area contributed by atoms with E-state index in [0.29, 0.717) is 17.7 Å². The Bertz CT molecular complexity index is 1030. The number of hydrogen-bond acceptors (Lipinski definition) is 5. The first-order valence-electron chi connectivity index (χ1n) is 8.92. The average molecular weight is 391 g/mol. The lowest BCUT2D eigenvalue weighted by molar-refractivity contribution is -0.123. The van der Waals surface area contributed by atoms with Crippen LogP contribution in [0.5, 0.6) is 5.75 Å². The SMILES string of the molecule is C#Cc1cnc2ccc(OC(SC)C(=O)CC(C)(C)c3ccncc3)cc2c1. The molecule has 0 aliphatic rings. The summed E-state index contributed by atoms with van der Waals surface area (Å²) in [7, 11) is 0. The maximum Gasteiger partial charge on any atom is 0.202 e. The first-order chi connectivity index (χ1) is 13.4. The van der Waals surface area contributed by atoms with Gasteiger partial charge in [0.25, 0.3) is 0 Å². The molecular weight excluding hydrogens is 368 g/mol. The highest BCUT2D eigenvalue weighted by atomic mass is 32.2. The quantitative estimate of drug-likeness (QED) is 0.435. The standard InChI is InChI=1S/C23H22N2O2S/c1-5-16-12-17-13-19(6-7-20(17)25-15-16)27-22(28-4)21(26)14-23(2,3)18-8-10-24-11-9-18/h1,6-13,15,22H,14H2,2-4H3. The number of hydrogen-bond donors (Lipinski definition) is 0. The first kappa shape index (κ1) is 19.9. The third-order valence-electron chi connectivity index (χ3n) is 4.62. The Labute approximate surface area is 169 Å². The molecule has 5 heteroatoms. The molecule has 0 N–H and O–H groups in total. The smallest absolute Gasteiger partial charge is 0.202 e. The largest absolute Gasteiger partial charge is 0.472 e. The van der Waals surface area contributed by atoms with E-state index >= 15 is 0 Å². The number of ether oxygens (including phenoxy) is 1. The number of carbonyl (C=O) groups excluding carboxylic acids is 1. The van der Waals surface area contributed by atoms with Crippen molar-refractivity contribution in [3.63, 3.8) is 0 Å². The zero-order valence-corrected chi connectivity index (χ0v) is 17.0. The van der Waals surface area contributed by atoms with Gasteiger partial charge in [-0.1, -0.05) is 19.8 Å². The maximum absolute atomic E-state index is 12.9. The maximum atomic E-state index is 12.9. The average Bonchev–Trinajstić information content (AvgIpc) is 2.71. The minimum absolute atomic E-state index is 0.0462. The number of Topliss-reactive ketones (excluding diaryl/α,β-unsaturated/α-hetero) is 1. The molecular formula is C23H22N2O2S. The zero-order valence-electron chi connectivity index (χ0n) is 16.2. The molecule has 3 rings (SSSR count). The van der Waals surface area contributed by atoms with Crippen molar-refractivity contribution in [1.29, 1.82) is 0 Å². The van der Waals surface area contributed by atoms with E-state index in [1.54, 1.807) is 18.6 Å². The van der Waals surface area contributed by atoms with Crippen LogP contribution in [0.1, 0.15) is 31.4 Å². The van der Waals surface area contributed by atoms with Crippen molar-refractivity contribution in [2.24, 2.45) is 0 Å². The van der Waals surface area contributed by atoms with Gasteiger partial charge in [-0.2, -0.15) is 0 Å². The molecule has 2 aromatic heterocycles. The molecule has 28 heavy (non-hydrogen) atoms. The Morgan fingerprint density at radius 2 is 2.00 bits per heavy atom. The number of ketones is 1. The summed E-state index contributed by atoms with van der Waals surface area (Å²) in [6.45, 7) is 4.11. The molecule has 0 bridgehead atoms. The molecule has 0 amide bonds. The van der Waals surface area contributed by atoms with E-state index in [0.717, 1.165) is 16.5 Å². The molecule has 0 spiro atoms. The third-order valence-corrected chi connectivity index (χ3v) is 5.40. The number of terminal acetylenes is 1. The molecule has 0 fully saturated rings. The van der Waals surface area contributed by atoms with Crippen LogP contribution < -0.4 is 4.74 Å². The van der Waals surface area contributed by atoms with Gasteiger partial charge in [-0.05, 0) is 53.6 Å². The molecule has 0 radical (unpaired) electrons.